The first kappa shape index (κ1) is 27.0. The summed E-state index contributed by atoms with van der Waals surface area (Å²) in [5.74, 6) is 6.50. The highest BCUT2D eigenvalue weighted by atomic mass is 14.5. The minimum absolute atomic E-state index is 0.760. The van der Waals surface area contributed by atoms with Crippen molar-refractivity contribution in [1.29, 1.82) is 0 Å². The summed E-state index contributed by atoms with van der Waals surface area (Å²) in [7, 11) is 0. The summed E-state index contributed by atoms with van der Waals surface area (Å²) in [5.41, 5.74) is 0.760. The van der Waals surface area contributed by atoms with Gasteiger partial charge in [0.1, 0.15) is 0 Å². The van der Waals surface area contributed by atoms with E-state index in [1.54, 1.807) is 116 Å². The second-order valence-electron chi connectivity index (χ2n) is 14.1. The van der Waals surface area contributed by atoms with Gasteiger partial charge in [0.05, 0.1) is 0 Å². The van der Waals surface area contributed by atoms with Crippen LogP contribution in [-0.2, 0) is 0 Å². The first-order valence-electron chi connectivity index (χ1n) is 16.7. The normalized spacial score (nSPS) is 38.1. The average Bonchev–Trinajstić information content (AvgIpc) is 2.88. The molecule has 0 radical (unpaired) electrons. The van der Waals surface area contributed by atoms with Crippen LogP contribution in [0.2, 0.25) is 0 Å². The molecule has 34 heavy (non-hydrogen) atoms. The zero-order valence-corrected chi connectivity index (χ0v) is 23.6. The summed E-state index contributed by atoms with van der Waals surface area (Å²) >= 11 is 0. The standard InChI is InChI=1S/C34H62/c1-3-5-7-11-29-14-18-30(19-15-29)26-31-22-24-34(25-23-31,33-12-8-6-9-13-33)27-32-20-16-28(10-4-2)17-21-32/h28-33H,3-27H2,1-2H3/t28-,29-,30-,31-,32-,34-. The average molecular weight is 471 g/mol. The van der Waals surface area contributed by atoms with E-state index in [2.05, 4.69) is 13.8 Å². The molecule has 0 aromatic rings. The van der Waals surface area contributed by atoms with Gasteiger partial charge in [-0.15, -0.1) is 0 Å². The van der Waals surface area contributed by atoms with E-state index in [1.807, 2.05) is 0 Å². The Morgan fingerprint density at radius 2 is 1.06 bits per heavy atom. The summed E-state index contributed by atoms with van der Waals surface area (Å²) in [6, 6.07) is 0. The molecule has 198 valence electrons. The summed E-state index contributed by atoms with van der Waals surface area (Å²) < 4.78 is 0. The lowest BCUT2D eigenvalue weighted by Gasteiger charge is -2.50. The fraction of sp³-hybridized carbons (Fsp3) is 1.00. The lowest BCUT2D eigenvalue weighted by atomic mass is 9.55. The molecule has 0 nitrogen and oxygen atoms in total. The van der Waals surface area contributed by atoms with E-state index in [9.17, 15) is 0 Å². The fourth-order valence-corrected chi connectivity index (χ4v) is 9.60. The summed E-state index contributed by atoms with van der Waals surface area (Å²) in [5, 5.41) is 0. The van der Waals surface area contributed by atoms with E-state index in [0.717, 1.165) is 40.9 Å². The van der Waals surface area contributed by atoms with Crippen LogP contribution in [0.5, 0.6) is 0 Å². The molecule has 0 spiro atoms. The molecule has 0 bridgehead atoms. The third-order valence-electron chi connectivity index (χ3n) is 11.8. The van der Waals surface area contributed by atoms with Gasteiger partial charge < -0.3 is 0 Å². The van der Waals surface area contributed by atoms with Crippen molar-refractivity contribution in [1.82, 2.24) is 0 Å². The van der Waals surface area contributed by atoms with Crippen molar-refractivity contribution in [3.8, 4) is 0 Å². The Morgan fingerprint density at radius 3 is 1.68 bits per heavy atom. The van der Waals surface area contributed by atoms with Crippen molar-refractivity contribution in [3.05, 3.63) is 0 Å². The molecule has 4 saturated carbocycles. The van der Waals surface area contributed by atoms with Crippen molar-refractivity contribution in [3.63, 3.8) is 0 Å². The van der Waals surface area contributed by atoms with Gasteiger partial charge >= 0.3 is 0 Å². The Labute approximate surface area is 215 Å². The molecule has 4 aliphatic carbocycles. The van der Waals surface area contributed by atoms with Gasteiger partial charge in [-0.05, 0) is 92.3 Å². The lowest BCUT2D eigenvalue weighted by molar-refractivity contribution is 0.0103. The van der Waals surface area contributed by atoms with Crippen LogP contribution < -0.4 is 0 Å². The Kier molecular flexibility index (Phi) is 11.2. The SMILES string of the molecule is CCCCC[C@H]1CC[C@H](C[C@H]2CC[C@](C[C@H]3CC[C@H](CCC)CC3)(C3CCCCC3)CC2)CC1. The van der Waals surface area contributed by atoms with Crippen LogP contribution in [0.1, 0.15) is 174 Å². The predicted octanol–water partition coefficient (Wildman–Crippen LogP) is 11.5. The summed E-state index contributed by atoms with van der Waals surface area (Å²) in [4.78, 5) is 0. The zero-order valence-electron chi connectivity index (χ0n) is 23.6. The topological polar surface area (TPSA) is 0 Å². The van der Waals surface area contributed by atoms with Crippen LogP contribution in [0.3, 0.4) is 0 Å². The van der Waals surface area contributed by atoms with Crippen molar-refractivity contribution >= 4 is 0 Å². The maximum absolute atomic E-state index is 2.39. The first-order chi connectivity index (χ1) is 16.7. The maximum atomic E-state index is 2.39. The molecule has 0 heteroatoms. The molecule has 0 aromatic carbocycles. The van der Waals surface area contributed by atoms with Gasteiger partial charge in [-0.2, -0.15) is 0 Å². The quantitative estimate of drug-likeness (QED) is 0.263. The molecule has 4 fully saturated rings. The van der Waals surface area contributed by atoms with E-state index >= 15 is 0 Å². The van der Waals surface area contributed by atoms with Crippen molar-refractivity contribution in [2.45, 2.75) is 174 Å². The lowest BCUT2D eigenvalue weighted by Crippen LogP contribution is -2.39. The molecule has 0 unspecified atom stereocenters. The Morgan fingerprint density at radius 1 is 0.500 bits per heavy atom. The summed E-state index contributed by atoms with van der Waals surface area (Å²) in [6.07, 6.45) is 38.8. The van der Waals surface area contributed by atoms with Crippen molar-refractivity contribution in [2.75, 3.05) is 0 Å². The predicted molar refractivity (Wildman–Crippen MR) is 150 cm³/mol. The van der Waals surface area contributed by atoms with Gasteiger partial charge in [-0.1, -0.05) is 123 Å². The highest BCUT2D eigenvalue weighted by molar-refractivity contribution is 4.95. The minimum Gasteiger partial charge on any atom is -0.0654 e. The molecule has 0 N–H and O–H groups in total. The maximum Gasteiger partial charge on any atom is -0.0266 e. The van der Waals surface area contributed by atoms with Gasteiger partial charge in [0.25, 0.3) is 0 Å². The van der Waals surface area contributed by atoms with Crippen LogP contribution >= 0.6 is 0 Å². The highest BCUT2D eigenvalue weighted by Gasteiger charge is 2.44. The second kappa shape index (κ2) is 14.1. The molecule has 0 heterocycles. The molecule has 0 amide bonds. The number of unbranched alkanes of at least 4 members (excludes halogenated alkanes) is 2. The van der Waals surface area contributed by atoms with Gasteiger partial charge in [-0.3, -0.25) is 0 Å². The zero-order chi connectivity index (χ0) is 23.6. The molecular formula is C34H62. The van der Waals surface area contributed by atoms with Crippen LogP contribution in [0.4, 0.5) is 0 Å². The minimum atomic E-state index is 0.760. The smallest absolute Gasteiger partial charge is 0.0266 e. The molecule has 0 aliphatic heterocycles. The molecule has 0 saturated heterocycles. The second-order valence-corrected chi connectivity index (χ2v) is 14.1. The molecular weight excluding hydrogens is 408 g/mol. The highest BCUT2D eigenvalue weighted by Crippen LogP contribution is 2.55. The Hall–Kier alpha value is 0. The van der Waals surface area contributed by atoms with Crippen molar-refractivity contribution < 1.29 is 0 Å². The van der Waals surface area contributed by atoms with E-state index in [0.29, 0.717) is 0 Å². The van der Waals surface area contributed by atoms with Gasteiger partial charge in [-0.25, -0.2) is 0 Å². The van der Waals surface area contributed by atoms with Crippen LogP contribution in [0.25, 0.3) is 0 Å². The van der Waals surface area contributed by atoms with Crippen molar-refractivity contribution in [2.24, 2.45) is 40.9 Å². The number of hydrogen-bond donors (Lipinski definition) is 0. The monoisotopic (exact) mass is 470 g/mol. The Balaban J connectivity index is 1.24. The van der Waals surface area contributed by atoms with Gasteiger partial charge in [0, 0.05) is 0 Å². The largest absolute Gasteiger partial charge is 0.0654 e. The molecule has 0 aromatic heterocycles. The molecule has 4 aliphatic rings. The molecule has 4 rings (SSSR count). The number of rotatable bonds is 11. The first-order valence-corrected chi connectivity index (χ1v) is 16.7. The Bertz CT molecular complexity index is 518. The molecule has 0 atom stereocenters. The van der Waals surface area contributed by atoms with Crippen LogP contribution in [0, 0.1) is 40.9 Å². The fourth-order valence-electron chi connectivity index (χ4n) is 9.60. The third-order valence-corrected chi connectivity index (χ3v) is 11.8. The number of hydrogen-bond acceptors (Lipinski definition) is 0. The van der Waals surface area contributed by atoms with E-state index in [-0.39, 0.29) is 0 Å². The van der Waals surface area contributed by atoms with E-state index < -0.39 is 0 Å². The van der Waals surface area contributed by atoms with Gasteiger partial charge in [0.15, 0.2) is 0 Å². The van der Waals surface area contributed by atoms with E-state index in [1.165, 1.54) is 44.9 Å². The summed E-state index contributed by atoms with van der Waals surface area (Å²) in [6.45, 7) is 4.74. The van der Waals surface area contributed by atoms with Gasteiger partial charge in [0.2, 0.25) is 0 Å². The van der Waals surface area contributed by atoms with Crippen LogP contribution in [-0.4, -0.2) is 0 Å². The third kappa shape index (κ3) is 7.75. The van der Waals surface area contributed by atoms with E-state index in [4.69, 9.17) is 0 Å². The van der Waals surface area contributed by atoms with Crippen LogP contribution in [0.15, 0.2) is 0 Å².